The lowest BCUT2D eigenvalue weighted by Gasteiger charge is -2.21. The van der Waals surface area contributed by atoms with E-state index >= 15 is 0 Å². The summed E-state index contributed by atoms with van der Waals surface area (Å²) >= 11 is 0. The normalized spacial score (nSPS) is 19.2. The molecule has 122 valence electrons. The predicted octanol–water partition coefficient (Wildman–Crippen LogP) is 0.350. The average Bonchev–Trinajstić information content (AvgIpc) is 2.98. The third kappa shape index (κ3) is 3.57. The van der Waals surface area contributed by atoms with Gasteiger partial charge in [0.15, 0.2) is 0 Å². The van der Waals surface area contributed by atoms with Gasteiger partial charge in [-0.2, -0.15) is 4.31 Å². The zero-order chi connectivity index (χ0) is 16.2. The highest BCUT2D eigenvalue weighted by atomic mass is 32.2. The second kappa shape index (κ2) is 7.08. The van der Waals surface area contributed by atoms with E-state index in [2.05, 4.69) is 0 Å². The summed E-state index contributed by atoms with van der Waals surface area (Å²) in [5, 5.41) is 0. The van der Waals surface area contributed by atoms with Gasteiger partial charge in [0.25, 0.3) is 0 Å². The maximum absolute atomic E-state index is 12.6. The number of hydrogen-bond acceptors (Lipinski definition) is 5. The fraction of sp³-hybridized carbons (Fsp3) is 0.500. The van der Waals surface area contributed by atoms with E-state index in [9.17, 15) is 13.2 Å². The summed E-state index contributed by atoms with van der Waals surface area (Å²) in [6.45, 7) is 1.15. The predicted molar refractivity (Wildman–Crippen MR) is 79.9 cm³/mol. The number of methoxy groups -OCH3 is 1. The minimum atomic E-state index is -3.72. The summed E-state index contributed by atoms with van der Waals surface area (Å²) in [5.41, 5.74) is 5.28. The number of carbonyl (C=O) groups is 1. The van der Waals surface area contributed by atoms with Crippen molar-refractivity contribution in [3.63, 3.8) is 0 Å². The summed E-state index contributed by atoms with van der Waals surface area (Å²) in [6.07, 6.45) is 1.10. The monoisotopic (exact) mass is 328 g/mol. The molecule has 0 aliphatic carbocycles. The Hall–Kier alpha value is -1.64. The number of ether oxygens (including phenoxy) is 2. The topological polar surface area (TPSA) is 98.9 Å². The number of primary amides is 1. The van der Waals surface area contributed by atoms with Crippen LogP contribution in [-0.4, -0.2) is 51.5 Å². The Morgan fingerprint density at radius 1 is 1.32 bits per heavy atom. The van der Waals surface area contributed by atoms with E-state index in [1.54, 1.807) is 19.2 Å². The fourth-order valence-corrected chi connectivity index (χ4v) is 4.06. The molecular formula is C14H20N2O5S. The van der Waals surface area contributed by atoms with Crippen LogP contribution in [0.25, 0.3) is 0 Å². The van der Waals surface area contributed by atoms with Crippen molar-refractivity contribution in [1.82, 2.24) is 4.31 Å². The van der Waals surface area contributed by atoms with Gasteiger partial charge in [0.1, 0.15) is 18.4 Å². The molecule has 1 amide bonds. The van der Waals surface area contributed by atoms with Crippen molar-refractivity contribution in [3.05, 3.63) is 24.3 Å². The van der Waals surface area contributed by atoms with Gasteiger partial charge < -0.3 is 15.2 Å². The van der Waals surface area contributed by atoms with E-state index in [-0.39, 0.29) is 4.90 Å². The smallest absolute Gasteiger partial charge is 0.243 e. The Bertz CT molecular complexity index is 615. The van der Waals surface area contributed by atoms with Crippen molar-refractivity contribution in [2.45, 2.75) is 23.8 Å². The fourth-order valence-electron chi connectivity index (χ4n) is 2.40. The molecule has 1 saturated heterocycles. The maximum Gasteiger partial charge on any atom is 0.243 e. The van der Waals surface area contributed by atoms with Gasteiger partial charge >= 0.3 is 0 Å². The van der Waals surface area contributed by atoms with Gasteiger partial charge in [0.2, 0.25) is 15.9 Å². The first-order valence-corrected chi connectivity index (χ1v) is 8.44. The molecule has 2 N–H and O–H groups in total. The van der Waals surface area contributed by atoms with Gasteiger partial charge in [0.05, 0.1) is 11.5 Å². The molecule has 1 aliphatic rings. The molecule has 0 radical (unpaired) electrons. The van der Waals surface area contributed by atoms with E-state index in [0.717, 1.165) is 0 Å². The van der Waals surface area contributed by atoms with E-state index in [1.807, 2.05) is 0 Å². The number of nitrogens with zero attached hydrogens (tertiary/aromatic N) is 1. The van der Waals surface area contributed by atoms with Crippen molar-refractivity contribution >= 4 is 15.9 Å². The average molecular weight is 328 g/mol. The van der Waals surface area contributed by atoms with Crippen LogP contribution in [0.4, 0.5) is 0 Å². The molecule has 1 aliphatic heterocycles. The first-order valence-electron chi connectivity index (χ1n) is 7.00. The van der Waals surface area contributed by atoms with Crippen molar-refractivity contribution in [3.8, 4) is 5.75 Å². The molecule has 1 atom stereocenters. The van der Waals surface area contributed by atoms with Crippen molar-refractivity contribution in [2.24, 2.45) is 5.73 Å². The van der Waals surface area contributed by atoms with Crippen LogP contribution in [0, 0.1) is 0 Å². The second-order valence-corrected chi connectivity index (χ2v) is 6.88. The molecule has 0 aromatic heterocycles. The Kier molecular flexibility index (Phi) is 5.38. The third-order valence-electron chi connectivity index (χ3n) is 3.52. The molecule has 1 heterocycles. The van der Waals surface area contributed by atoms with Gasteiger partial charge in [0, 0.05) is 13.7 Å². The Morgan fingerprint density at radius 2 is 2.00 bits per heavy atom. The first-order chi connectivity index (χ1) is 10.5. The highest BCUT2D eigenvalue weighted by Gasteiger charge is 2.38. The molecule has 0 bridgehead atoms. The molecule has 8 heteroatoms. The number of sulfonamides is 1. The van der Waals surface area contributed by atoms with E-state index < -0.39 is 22.0 Å². The lowest BCUT2D eigenvalue weighted by atomic mass is 10.2. The zero-order valence-corrected chi connectivity index (χ0v) is 13.2. The molecule has 1 aromatic carbocycles. The summed E-state index contributed by atoms with van der Waals surface area (Å²) in [6, 6.07) is 5.33. The molecule has 22 heavy (non-hydrogen) atoms. The van der Waals surface area contributed by atoms with Crippen LogP contribution in [0.2, 0.25) is 0 Å². The maximum atomic E-state index is 12.6. The molecular weight excluding hydrogens is 308 g/mol. The van der Waals surface area contributed by atoms with Crippen LogP contribution in [0.15, 0.2) is 29.2 Å². The lowest BCUT2D eigenvalue weighted by molar-refractivity contribution is -0.121. The minimum Gasteiger partial charge on any atom is -0.491 e. The van der Waals surface area contributed by atoms with E-state index in [1.165, 1.54) is 16.4 Å². The Balaban J connectivity index is 2.14. The highest BCUT2D eigenvalue weighted by molar-refractivity contribution is 7.89. The molecule has 0 unspecified atom stereocenters. The van der Waals surface area contributed by atoms with E-state index in [4.69, 9.17) is 15.2 Å². The number of benzene rings is 1. The van der Waals surface area contributed by atoms with Gasteiger partial charge in [-0.3, -0.25) is 4.79 Å². The van der Waals surface area contributed by atoms with Crippen LogP contribution in [-0.2, 0) is 19.6 Å². The SMILES string of the molecule is COCCOc1ccc(S(=O)(=O)N2CCC[C@@H]2C(N)=O)cc1. The Morgan fingerprint density at radius 3 is 2.59 bits per heavy atom. The quantitative estimate of drug-likeness (QED) is 0.728. The summed E-state index contributed by atoms with van der Waals surface area (Å²) in [4.78, 5) is 11.5. The van der Waals surface area contributed by atoms with Crippen LogP contribution in [0.5, 0.6) is 5.75 Å². The van der Waals surface area contributed by atoms with Crippen LogP contribution >= 0.6 is 0 Å². The number of nitrogens with two attached hydrogens (primary N) is 1. The van der Waals surface area contributed by atoms with Crippen LogP contribution < -0.4 is 10.5 Å². The number of carbonyl (C=O) groups excluding carboxylic acids is 1. The van der Waals surface area contributed by atoms with Crippen molar-refractivity contribution in [1.29, 1.82) is 0 Å². The second-order valence-electron chi connectivity index (χ2n) is 4.99. The minimum absolute atomic E-state index is 0.125. The van der Waals surface area contributed by atoms with Gasteiger partial charge in [-0.15, -0.1) is 0 Å². The third-order valence-corrected chi connectivity index (χ3v) is 5.44. The molecule has 2 rings (SSSR count). The summed E-state index contributed by atoms with van der Waals surface area (Å²) in [5.74, 6) is -0.0514. The summed E-state index contributed by atoms with van der Waals surface area (Å²) < 4.78 is 36.6. The number of hydrogen-bond donors (Lipinski definition) is 1. The number of amides is 1. The molecule has 0 saturated carbocycles. The van der Waals surface area contributed by atoms with Gasteiger partial charge in [-0.05, 0) is 37.1 Å². The molecule has 1 fully saturated rings. The van der Waals surface area contributed by atoms with E-state index in [0.29, 0.717) is 38.3 Å². The molecule has 7 nitrogen and oxygen atoms in total. The summed E-state index contributed by atoms with van der Waals surface area (Å²) in [7, 11) is -2.15. The van der Waals surface area contributed by atoms with Crippen LogP contribution in [0.1, 0.15) is 12.8 Å². The van der Waals surface area contributed by atoms with Crippen LogP contribution in [0.3, 0.4) is 0 Å². The lowest BCUT2D eigenvalue weighted by Crippen LogP contribution is -2.43. The van der Waals surface area contributed by atoms with Crippen molar-refractivity contribution in [2.75, 3.05) is 26.9 Å². The Labute approximate surface area is 130 Å². The largest absolute Gasteiger partial charge is 0.491 e. The van der Waals surface area contributed by atoms with Crippen molar-refractivity contribution < 1.29 is 22.7 Å². The molecule has 0 spiro atoms. The number of rotatable bonds is 7. The first kappa shape index (κ1) is 16.7. The standard InChI is InChI=1S/C14H20N2O5S/c1-20-9-10-21-11-4-6-12(7-5-11)22(18,19)16-8-2-3-13(16)14(15)17/h4-7,13H,2-3,8-10H2,1H3,(H2,15,17)/t13-/m1/s1. The van der Waals surface area contributed by atoms with Gasteiger partial charge in [-0.1, -0.05) is 0 Å². The molecule has 1 aromatic rings. The zero-order valence-electron chi connectivity index (χ0n) is 12.4. The highest BCUT2D eigenvalue weighted by Crippen LogP contribution is 2.27. The van der Waals surface area contributed by atoms with Gasteiger partial charge in [-0.25, -0.2) is 8.42 Å².